The first-order valence-corrected chi connectivity index (χ1v) is 6.11. The highest BCUT2D eigenvalue weighted by molar-refractivity contribution is 7.80. The molecule has 0 bridgehead atoms. The van der Waals surface area contributed by atoms with E-state index in [1.54, 1.807) is 4.90 Å². The lowest BCUT2D eigenvalue weighted by Gasteiger charge is -2.26. The van der Waals surface area contributed by atoms with Crippen molar-refractivity contribution in [1.29, 1.82) is 0 Å². The molecule has 0 aliphatic heterocycles. The second kappa shape index (κ2) is 7.89. The second-order valence-corrected chi connectivity index (χ2v) is 5.21. The summed E-state index contributed by atoms with van der Waals surface area (Å²) in [7, 11) is 0. The van der Waals surface area contributed by atoms with Gasteiger partial charge in [-0.25, -0.2) is 8.78 Å². The summed E-state index contributed by atoms with van der Waals surface area (Å²) < 4.78 is 24.5. The molecule has 0 radical (unpaired) electrons. The number of rotatable bonds is 9. The maximum absolute atomic E-state index is 12.2. The van der Waals surface area contributed by atoms with E-state index in [1.807, 2.05) is 13.8 Å². The molecular weight excluding hydrogens is 246 g/mol. The van der Waals surface area contributed by atoms with Crippen molar-refractivity contribution in [3.8, 4) is 0 Å². The van der Waals surface area contributed by atoms with E-state index < -0.39 is 6.43 Å². The van der Waals surface area contributed by atoms with Crippen molar-refractivity contribution in [2.24, 2.45) is 11.1 Å². The fourth-order valence-corrected chi connectivity index (χ4v) is 1.60. The van der Waals surface area contributed by atoms with Gasteiger partial charge in [-0.3, -0.25) is 4.90 Å². The van der Waals surface area contributed by atoms with Gasteiger partial charge in [-0.05, 0) is 19.4 Å². The van der Waals surface area contributed by atoms with E-state index in [2.05, 4.69) is 0 Å². The quantitative estimate of drug-likeness (QED) is 0.624. The lowest BCUT2D eigenvalue weighted by Crippen LogP contribution is -2.34. The third-order valence-corrected chi connectivity index (χ3v) is 3.31. The first-order valence-electron chi connectivity index (χ1n) is 5.71. The van der Waals surface area contributed by atoms with E-state index in [0.717, 1.165) is 12.8 Å². The fourth-order valence-electron chi connectivity index (χ4n) is 1.50. The standard InChI is InChI=1S/C11H22F2N2OS/c1-11(2,10(14)17)4-3-5-15(6-7-16)8-9(12)13/h9,16H,3-8H2,1-2H3,(H2,14,17). The van der Waals surface area contributed by atoms with Crippen molar-refractivity contribution in [1.82, 2.24) is 4.90 Å². The minimum absolute atomic E-state index is 0.106. The number of nitrogens with two attached hydrogens (primary N) is 1. The molecule has 0 atom stereocenters. The minimum atomic E-state index is -2.37. The van der Waals surface area contributed by atoms with Crippen LogP contribution < -0.4 is 5.73 Å². The molecule has 6 heteroatoms. The van der Waals surface area contributed by atoms with Gasteiger partial charge in [0.1, 0.15) is 0 Å². The lowest BCUT2D eigenvalue weighted by molar-refractivity contribution is 0.0766. The highest BCUT2D eigenvalue weighted by Crippen LogP contribution is 2.22. The Morgan fingerprint density at radius 3 is 2.41 bits per heavy atom. The zero-order valence-corrected chi connectivity index (χ0v) is 11.3. The Bertz CT molecular complexity index is 238. The number of thiocarbonyl (C=S) groups is 1. The summed E-state index contributed by atoms with van der Waals surface area (Å²) in [6.45, 7) is 4.28. The van der Waals surface area contributed by atoms with Gasteiger partial charge in [0.2, 0.25) is 0 Å². The maximum Gasteiger partial charge on any atom is 0.251 e. The predicted octanol–water partition coefficient (Wildman–Crippen LogP) is 1.64. The topological polar surface area (TPSA) is 49.5 Å². The Morgan fingerprint density at radius 2 is 2.00 bits per heavy atom. The van der Waals surface area contributed by atoms with Crippen molar-refractivity contribution in [3.05, 3.63) is 0 Å². The first kappa shape index (κ1) is 16.7. The van der Waals surface area contributed by atoms with Crippen LogP contribution in [0.15, 0.2) is 0 Å². The third-order valence-electron chi connectivity index (χ3n) is 2.76. The zero-order valence-electron chi connectivity index (χ0n) is 10.5. The molecule has 0 spiro atoms. The fraction of sp³-hybridized carbons (Fsp3) is 0.909. The average molecular weight is 268 g/mol. The van der Waals surface area contributed by atoms with Gasteiger partial charge in [-0.1, -0.05) is 26.1 Å². The molecule has 0 saturated heterocycles. The van der Waals surface area contributed by atoms with Crippen LogP contribution in [-0.2, 0) is 0 Å². The van der Waals surface area contributed by atoms with E-state index in [4.69, 9.17) is 23.1 Å². The molecule has 0 unspecified atom stereocenters. The highest BCUT2D eigenvalue weighted by atomic mass is 32.1. The second-order valence-electron chi connectivity index (χ2n) is 4.77. The largest absolute Gasteiger partial charge is 0.395 e. The van der Waals surface area contributed by atoms with Crippen LogP contribution in [0.5, 0.6) is 0 Å². The molecule has 0 aliphatic carbocycles. The molecule has 0 rings (SSSR count). The number of nitrogens with zero attached hydrogens (tertiary/aromatic N) is 1. The Morgan fingerprint density at radius 1 is 1.41 bits per heavy atom. The molecule has 102 valence electrons. The number of aliphatic hydroxyl groups excluding tert-OH is 1. The van der Waals surface area contributed by atoms with Crippen LogP contribution in [0.25, 0.3) is 0 Å². The summed E-state index contributed by atoms with van der Waals surface area (Å²) in [6.07, 6.45) is -0.880. The normalized spacial score (nSPS) is 12.4. The summed E-state index contributed by atoms with van der Waals surface area (Å²) in [4.78, 5) is 2.00. The summed E-state index contributed by atoms with van der Waals surface area (Å²) in [5.74, 6) is 0. The number of alkyl halides is 2. The molecule has 0 fully saturated rings. The van der Waals surface area contributed by atoms with Gasteiger partial charge in [-0.15, -0.1) is 0 Å². The average Bonchev–Trinajstić information content (AvgIpc) is 2.16. The van der Waals surface area contributed by atoms with Gasteiger partial charge in [-0.2, -0.15) is 0 Å². The summed E-state index contributed by atoms with van der Waals surface area (Å²) >= 11 is 4.94. The van der Waals surface area contributed by atoms with Crippen LogP contribution >= 0.6 is 12.2 Å². The highest BCUT2D eigenvalue weighted by Gasteiger charge is 2.21. The molecular formula is C11H22F2N2OS. The minimum Gasteiger partial charge on any atom is -0.395 e. The summed E-state index contributed by atoms with van der Waals surface area (Å²) in [5, 5.41) is 8.77. The molecule has 0 aromatic heterocycles. The van der Waals surface area contributed by atoms with Gasteiger partial charge in [0.25, 0.3) is 6.43 Å². The lowest BCUT2D eigenvalue weighted by atomic mass is 9.88. The summed E-state index contributed by atoms with van der Waals surface area (Å²) in [5.41, 5.74) is 5.34. The van der Waals surface area contributed by atoms with Gasteiger partial charge >= 0.3 is 0 Å². The van der Waals surface area contributed by atoms with Gasteiger partial charge in [0.15, 0.2) is 0 Å². The van der Waals surface area contributed by atoms with Crippen LogP contribution in [0.3, 0.4) is 0 Å². The van der Waals surface area contributed by atoms with Gasteiger partial charge < -0.3 is 10.8 Å². The monoisotopic (exact) mass is 268 g/mol. The van der Waals surface area contributed by atoms with E-state index in [0.29, 0.717) is 11.5 Å². The van der Waals surface area contributed by atoms with E-state index in [9.17, 15) is 8.78 Å². The van der Waals surface area contributed by atoms with E-state index in [-0.39, 0.29) is 25.1 Å². The van der Waals surface area contributed by atoms with Crippen LogP contribution in [0, 0.1) is 5.41 Å². The van der Waals surface area contributed by atoms with Crippen molar-refractivity contribution in [3.63, 3.8) is 0 Å². The third kappa shape index (κ3) is 7.57. The summed E-state index contributed by atoms with van der Waals surface area (Å²) in [6, 6.07) is 0. The number of aliphatic hydroxyl groups is 1. The Kier molecular flexibility index (Phi) is 7.74. The maximum atomic E-state index is 12.2. The van der Waals surface area contributed by atoms with Crippen molar-refractivity contribution in [2.45, 2.75) is 33.1 Å². The SMILES string of the molecule is CC(C)(CCCN(CCO)CC(F)F)C(N)=S. The van der Waals surface area contributed by atoms with Crippen molar-refractivity contribution in [2.75, 3.05) is 26.2 Å². The van der Waals surface area contributed by atoms with Crippen LogP contribution in [0.1, 0.15) is 26.7 Å². The van der Waals surface area contributed by atoms with Crippen molar-refractivity contribution >= 4 is 17.2 Å². The number of hydrogen-bond acceptors (Lipinski definition) is 3. The first-order chi connectivity index (χ1) is 7.79. The van der Waals surface area contributed by atoms with Crippen LogP contribution in [0.4, 0.5) is 8.78 Å². The van der Waals surface area contributed by atoms with Crippen LogP contribution in [0.2, 0.25) is 0 Å². The van der Waals surface area contributed by atoms with Crippen LogP contribution in [-0.4, -0.2) is 47.7 Å². The smallest absolute Gasteiger partial charge is 0.251 e. The molecule has 0 amide bonds. The molecule has 0 heterocycles. The van der Waals surface area contributed by atoms with Gasteiger partial charge in [0, 0.05) is 12.0 Å². The predicted molar refractivity (Wildman–Crippen MR) is 69.3 cm³/mol. The Balaban J connectivity index is 4.01. The molecule has 0 saturated carbocycles. The molecule has 3 nitrogen and oxygen atoms in total. The zero-order chi connectivity index (χ0) is 13.5. The molecule has 0 aromatic carbocycles. The van der Waals surface area contributed by atoms with E-state index in [1.165, 1.54) is 0 Å². The molecule has 17 heavy (non-hydrogen) atoms. The Labute approximate surface area is 107 Å². The molecule has 0 aromatic rings. The van der Waals surface area contributed by atoms with E-state index >= 15 is 0 Å². The Hall–Kier alpha value is -0.330. The molecule has 0 aliphatic rings. The number of halogens is 2. The number of hydrogen-bond donors (Lipinski definition) is 2. The van der Waals surface area contributed by atoms with Crippen molar-refractivity contribution < 1.29 is 13.9 Å². The van der Waals surface area contributed by atoms with Gasteiger partial charge in [0.05, 0.1) is 18.1 Å². The molecule has 3 N–H and O–H groups in total.